The molecule has 2 rings (SSSR count). The molecule has 0 aliphatic heterocycles. The molecule has 0 spiro atoms. The molecule has 1 unspecified atom stereocenters. The average Bonchev–Trinajstić information content (AvgIpc) is 3.00. The molecule has 0 heterocycles. The fraction of sp³-hybridized carbons (Fsp3) is 0.500. The third kappa shape index (κ3) is 5.57. The zero-order valence-electron chi connectivity index (χ0n) is 15.2. The number of rotatable bonds is 5. The van der Waals surface area contributed by atoms with Gasteiger partial charge in [0.2, 0.25) is 10.0 Å². The Hall–Kier alpha value is -1.86. The van der Waals surface area contributed by atoms with Gasteiger partial charge in [-0.05, 0) is 52.7 Å². The Morgan fingerprint density at radius 3 is 2.44 bits per heavy atom. The van der Waals surface area contributed by atoms with E-state index >= 15 is 0 Å². The number of nitrogens with zero attached hydrogens (tertiary/aromatic N) is 1. The monoisotopic (exact) mass is 366 g/mol. The topological polar surface area (TPSA) is 75.7 Å². The Labute approximate surface area is 149 Å². The zero-order valence-corrected chi connectivity index (χ0v) is 16.0. The fourth-order valence-corrected chi connectivity index (χ4v) is 3.44. The number of carbonyl (C=O) groups is 1. The zero-order chi connectivity index (χ0) is 18.7. The maximum atomic E-state index is 12.5. The lowest BCUT2D eigenvalue weighted by molar-refractivity contribution is 0.0196. The largest absolute Gasteiger partial charge is 0.444 e. The summed E-state index contributed by atoms with van der Waals surface area (Å²) in [5, 5.41) is 0. The Balaban J connectivity index is 2.12. The van der Waals surface area contributed by atoms with Crippen LogP contribution in [-0.4, -0.2) is 37.7 Å². The highest BCUT2D eigenvalue weighted by molar-refractivity contribution is 7.89. The van der Waals surface area contributed by atoms with Gasteiger partial charge in [0.25, 0.3) is 0 Å². The van der Waals surface area contributed by atoms with Crippen LogP contribution in [0.5, 0.6) is 0 Å². The lowest BCUT2D eigenvalue weighted by atomic mass is 10.2. The molecule has 1 aliphatic rings. The smallest absolute Gasteiger partial charge is 0.411 e. The standard InChI is InChI=1S/C18H26N2O4S/c1-14-9-11-16(12-10-14)25(22,23)19-13-20(15-7-5-6-8-15)17(21)24-18(2,3)4/h5,7,9-12,15,19H,6,8,13H2,1-4H3. The summed E-state index contributed by atoms with van der Waals surface area (Å²) in [5.41, 5.74) is 0.332. The number of hydrogen-bond donors (Lipinski definition) is 1. The Bertz CT molecular complexity index is 733. The van der Waals surface area contributed by atoms with Crippen LogP contribution in [0.4, 0.5) is 4.79 Å². The van der Waals surface area contributed by atoms with E-state index in [9.17, 15) is 13.2 Å². The molecule has 0 radical (unpaired) electrons. The molecule has 7 heteroatoms. The first-order chi connectivity index (χ1) is 11.6. The van der Waals surface area contributed by atoms with Gasteiger partial charge >= 0.3 is 6.09 Å². The minimum absolute atomic E-state index is 0.139. The van der Waals surface area contributed by atoms with Crippen LogP contribution in [0.1, 0.15) is 39.2 Å². The highest BCUT2D eigenvalue weighted by atomic mass is 32.2. The summed E-state index contributed by atoms with van der Waals surface area (Å²) in [7, 11) is -3.70. The summed E-state index contributed by atoms with van der Waals surface area (Å²) in [4.78, 5) is 14.1. The van der Waals surface area contributed by atoms with Crippen molar-refractivity contribution >= 4 is 16.1 Å². The Kier molecular flexibility index (Phi) is 5.90. The van der Waals surface area contributed by atoms with Crippen LogP contribution in [0.3, 0.4) is 0 Å². The van der Waals surface area contributed by atoms with E-state index in [1.54, 1.807) is 45.0 Å². The molecule has 1 amide bonds. The SMILES string of the molecule is Cc1ccc(S(=O)(=O)NCN(C(=O)OC(C)(C)C)C2C=CCC2)cc1. The molecule has 0 saturated heterocycles. The van der Waals surface area contributed by atoms with Crippen molar-refractivity contribution in [1.29, 1.82) is 0 Å². The third-order valence-electron chi connectivity index (χ3n) is 3.77. The molecule has 0 saturated carbocycles. The van der Waals surface area contributed by atoms with Gasteiger partial charge in [-0.15, -0.1) is 0 Å². The van der Waals surface area contributed by atoms with Gasteiger partial charge in [0.15, 0.2) is 0 Å². The molecule has 0 fully saturated rings. The number of sulfonamides is 1. The van der Waals surface area contributed by atoms with Crippen LogP contribution in [0.2, 0.25) is 0 Å². The van der Waals surface area contributed by atoms with Gasteiger partial charge in [0, 0.05) is 0 Å². The van der Waals surface area contributed by atoms with Crippen LogP contribution in [0.15, 0.2) is 41.3 Å². The van der Waals surface area contributed by atoms with Crippen LogP contribution in [0.25, 0.3) is 0 Å². The number of allylic oxidation sites excluding steroid dienone is 1. The van der Waals surface area contributed by atoms with E-state index in [1.807, 2.05) is 19.1 Å². The van der Waals surface area contributed by atoms with Crippen LogP contribution in [-0.2, 0) is 14.8 Å². The third-order valence-corrected chi connectivity index (χ3v) is 5.17. The Morgan fingerprint density at radius 1 is 1.28 bits per heavy atom. The number of ether oxygens (including phenoxy) is 1. The minimum Gasteiger partial charge on any atom is -0.444 e. The van der Waals surface area contributed by atoms with Gasteiger partial charge in [-0.2, -0.15) is 4.72 Å². The van der Waals surface area contributed by atoms with Gasteiger partial charge in [-0.1, -0.05) is 29.8 Å². The van der Waals surface area contributed by atoms with Crippen molar-refractivity contribution in [3.05, 3.63) is 42.0 Å². The fourth-order valence-electron chi connectivity index (χ4n) is 2.47. The first kappa shape index (κ1) is 19.5. The summed E-state index contributed by atoms with van der Waals surface area (Å²) in [6.45, 7) is 7.10. The number of benzene rings is 1. The van der Waals surface area contributed by atoms with Gasteiger partial charge in [-0.3, -0.25) is 4.90 Å². The molecule has 1 aliphatic carbocycles. The van der Waals surface area contributed by atoms with Crippen LogP contribution in [0, 0.1) is 6.92 Å². The molecule has 1 aromatic carbocycles. The number of carbonyl (C=O) groups excluding carboxylic acids is 1. The number of amides is 1. The van der Waals surface area contributed by atoms with Crippen molar-refractivity contribution in [3.63, 3.8) is 0 Å². The van der Waals surface area contributed by atoms with Crippen LogP contribution < -0.4 is 4.72 Å². The second-order valence-corrected chi connectivity index (χ2v) is 8.91. The normalized spacial score (nSPS) is 17.5. The maximum absolute atomic E-state index is 12.5. The predicted octanol–water partition coefficient (Wildman–Crippen LogP) is 3.19. The molecular formula is C18H26N2O4S. The van der Waals surface area contributed by atoms with E-state index in [1.165, 1.54) is 4.90 Å². The first-order valence-corrected chi connectivity index (χ1v) is 9.79. The van der Waals surface area contributed by atoms with Crippen molar-refractivity contribution in [3.8, 4) is 0 Å². The van der Waals surface area contributed by atoms with Crippen molar-refractivity contribution < 1.29 is 17.9 Å². The first-order valence-electron chi connectivity index (χ1n) is 8.31. The molecule has 0 bridgehead atoms. The Morgan fingerprint density at radius 2 is 1.92 bits per heavy atom. The van der Waals surface area contributed by atoms with E-state index in [-0.39, 0.29) is 17.6 Å². The van der Waals surface area contributed by atoms with Gasteiger partial charge < -0.3 is 4.74 Å². The van der Waals surface area contributed by atoms with E-state index in [4.69, 9.17) is 4.74 Å². The van der Waals surface area contributed by atoms with Crippen molar-refractivity contribution in [1.82, 2.24) is 9.62 Å². The predicted molar refractivity (Wildman–Crippen MR) is 96.6 cm³/mol. The number of nitrogens with one attached hydrogen (secondary N) is 1. The maximum Gasteiger partial charge on any atom is 0.411 e. The second-order valence-electron chi connectivity index (χ2n) is 7.14. The van der Waals surface area contributed by atoms with Gasteiger partial charge in [0.1, 0.15) is 5.60 Å². The molecule has 138 valence electrons. The van der Waals surface area contributed by atoms with Crippen molar-refractivity contribution in [2.24, 2.45) is 0 Å². The van der Waals surface area contributed by atoms with Crippen molar-refractivity contribution in [2.45, 2.75) is 57.1 Å². The summed E-state index contributed by atoms with van der Waals surface area (Å²) < 4.78 is 32.8. The molecule has 6 nitrogen and oxygen atoms in total. The van der Waals surface area contributed by atoms with Crippen molar-refractivity contribution in [2.75, 3.05) is 6.67 Å². The molecular weight excluding hydrogens is 340 g/mol. The van der Waals surface area contributed by atoms with Gasteiger partial charge in [-0.25, -0.2) is 13.2 Å². The highest BCUT2D eigenvalue weighted by Crippen LogP contribution is 2.20. The second kappa shape index (κ2) is 7.58. The number of hydrogen-bond acceptors (Lipinski definition) is 4. The lowest BCUT2D eigenvalue weighted by Crippen LogP contribution is -2.47. The van der Waals surface area contributed by atoms with E-state index in [0.29, 0.717) is 0 Å². The molecule has 1 atom stereocenters. The summed E-state index contributed by atoms with van der Waals surface area (Å²) in [6.07, 6.45) is 4.97. The summed E-state index contributed by atoms with van der Waals surface area (Å²) in [5.74, 6) is 0. The van der Waals surface area contributed by atoms with Gasteiger partial charge in [0.05, 0.1) is 17.6 Å². The number of aryl methyl sites for hydroxylation is 1. The minimum atomic E-state index is -3.70. The summed E-state index contributed by atoms with van der Waals surface area (Å²) in [6, 6.07) is 6.39. The lowest BCUT2D eigenvalue weighted by Gasteiger charge is -2.31. The molecule has 0 aromatic heterocycles. The van der Waals surface area contributed by atoms with E-state index < -0.39 is 21.7 Å². The summed E-state index contributed by atoms with van der Waals surface area (Å²) >= 11 is 0. The molecule has 25 heavy (non-hydrogen) atoms. The molecule has 1 aromatic rings. The van der Waals surface area contributed by atoms with Crippen LogP contribution >= 0.6 is 0 Å². The average molecular weight is 366 g/mol. The molecule has 1 N–H and O–H groups in total. The van der Waals surface area contributed by atoms with E-state index in [2.05, 4.69) is 4.72 Å². The van der Waals surface area contributed by atoms with E-state index in [0.717, 1.165) is 18.4 Å². The quantitative estimate of drug-likeness (QED) is 0.641. The highest BCUT2D eigenvalue weighted by Gasteiger charge is 2.29.